The first-order valence-corrected chi connectivity index (χ1v) is 7.92. The molecule has 110 valence electrons. The van der Waals surface area contributed by atoms with Crippen LogP contribution in [0.15, 0.2) is 24.3 Å². The third-order valence-corrected chi connectivity index (χ3v) is 4.63. The van der Waals surface area contributed by atoms with Crippen LogP contribution in [0.3, 0.4) is 0 Å². The van der Waals surface area contributed by atoms with Crippen LogP contribution < -0.4 is 5.32 Å². The van der Waals surface area contributed by atoms with Crippen molar-refractivity contribution in [3.8, 4) is 0 Å². The lowest BCUT2D eigenvalue weighted by Gasteiger charge is -2.37. The lowest BCUT2D eigenvalue weighted by Crippen LogP contribution is -2.41. The normalized spacial score (nSPS) is 29.9. The van der Waals surface area contributed by atoms with E-state index in [4.69, 9.17) is 4.74 Å². The minimum Gasteiger partial charge on any atom is -0.378 e. The Morgan fingerprint density at radius 1 is 1.25 bits per heavy atom. The second kappa shape index (κ2) is 6.68. The average Bonchev–Trinajstić information content (AvgIpc) is 2.42. The standard InChI is InChI=1S/C17H24FNO/c18-15-5-3-4-13(10-15)14-11-16(12-14)19-8-7-17-6-1-2-9-20-17/h3-5,10,14,16-17,19H,1-2,6-9,11-12H2. The van der Waals surface area contributed by atoms with Gasteiger partial charge in [-0.1, -0.05) is 12.1 Å². The van der Waals surface area contributed by atoms with Crippen LogP contribution in [-0.2, 0) is 4.74 Å². The highest BCUT2D eigenvalue weighted by molar-refractivity contribution is 5.23. The molecule has 0 aromatic heterocycles. The van der Waals surface area contributed by atoms with Gasteiger partial charge in [-0.25, -0.2) is 4.39 Å². The van der Waals surface area contributed by atoms with Gasteiger partial charge in [0.05, 0.1) is 6.10 Å². The molecule has 1 saturated heterocycles. The van der Waals surface area contributed by atoms with E-state index < -0.39 is 0 Å². The molecule has 1 unspecified atom stereocenters. The summed E-state index contributed by atoms with van der Waals surface area (Å²) in [6.07, 6.45) is 7.62. The van der Waals surface area contributed by atoms with Crippen molar-refractivity contribution in [1.29, 1.82) is 0 Å². The van der Waals surface area contributed by atoms with Gasteiger partial charge in [0.2, 0.25) is 0 Å². The van der Waals surface area contributed by atoms with Gasteiger partial charge in [-0.15, -0.1) is 0 Å². The number of hydrogen-bond acceptors (Lipinski definition) is 2. The Morgan fingerprint density at radius 3 is 2.90 bits per heavy atom. The van der Waals surface area contributed by atoms with Gasteiger partial charge in [-0.3, -0.25) is 0 Å². The molecule has 3 heteroatoms. The Balaban J connectivity index is 1.34. The zero-order chi connectivity index (χ0) is 13.8. The first kappa shape index (κ1) is 14.0. The van der Waals surface area contributed by atoms with Crippen LogP contribution in [0.25, 0.3) is 0 Å². The van der Waals surface area contributed by atoms with E-state index in [2.05, 4.69) is 5.32 Å². The molecular weight excluding hydrogens is 253 g/mol. The van der Waals surface area contributed by atoms with Crippen LogP contribution in [0.1, 0.15) is 50.0 Å². The van der Waals surface area contributed by atoms with Crippen molar-refractivity contribution >= 4 is 0 Å². The summed E-state index contributed by atoms with van der Waals surface area (Å²) in [6, 6.07) is 7.65. The predicted octanol–water partition coefficient (Wildman–Crippen LogP) is 3.62. The molecule has 1 atom stereocenters. The lowest BCUT2D eigenvalue weighted by molar-refractivity contribution is 0.0107. The highest BCUT2D eigenvalue weighted by Gasteiger charge is 2.30. The molecule has 1 aliphatic carbocycles. The fourth-order valence-electron chi connectivity index (χ4n) is 3.30. The van der Waals surface area contributed by atoms with E-state index in [1.54, 1.807) is 6.07 Å². The van der Waals surface area contributed by atoms with Crippen LogP contribution in [0.5, 0.6) is 0 Å². The Bertz CT molecular complexity index is 425. The molecule has 1 saturated carbocycles. The molecule has 0 spiro atoms. The van der Waals surface area contributed by atoms with Crippen LogP contribution in [0, 0.1) is 5.82 Å². The molecule has 1 aromatic carbocycles. The quantitative estimate of drug-likeness (QED) is 0.887. The van der Waals surface area contributed by atoms with Crippen molar-refractivity contribution in [3.63, 3.8) is 0 Å². The number of halogens is 1. The number of nitrogens with one attached hydrogen (secondary N) is 1. The predicted molar refractivity (Wildman–Crippen MR) is 78.4 cm³/mol. The number of hydrogen-bond donors (Lipinski definition) is 1. The first-order chi connectivity index (χ1) is 9.81. The monoisotopic (exact) mass is 277 g/mol. The summed E-state index contributed by atoms with van der Waals surface area (Å²) >= 11 is 0. The molecular formula is C17H24FNO. The van der Waals surface area contributed by atoms with Gasteiger partial charge in [-0.05, 0) is 68.7 Å². The van der Waals surface area contributed by atoms with Gasteiger partial charge >= 0.3 is 0 Å². The molecule has 1 aromatic rings. The Labute approximate surface area is 120 Å². The molecule has 20 heavy (non-hydrogen) atoms. The first-order valence-electron chi connectivity index (χ1n) is 7.92. The molecule has 0 radical (unpaired) electrons. The van der Waals surface area contributed by atoms with Crippen LogP contribution in [0.2, 0.25) is 0 Å². The Kier molecular flexibility index (Phi) is 4.69. The van der Waals surface area contributed by atoms with E-state index in [0.29, 0.717) is 18.1 Å². The van der Waals surface area contributed by atoms with E-state index in [9.17, 15) is 4.39 Å². The third-order valence-electron chi connectivity index (χ3n) is 4.63. The summed E-state index contributed by atoms with van der Waals surface area (Å²) < 4.78 is 18.9. The van der Waals surface area contributed by atoms with Gasteiger partial charge < -0.3 is 10.1 Å². The maximum absolute atomic E-state index is 13.2. The molecule has 0 amide bonds. The molecule has 3 rings (SSSR count). The summed E-state index contributed by atoms with van der Waals surface area (Å²) in [5.41, 5.74) is 1.15. The second-order valence-corrected chi connectivity index (χ2v) is 6.15. The van der Waals surface area contributed by atoms with Gasteiger partial charge in [0.15, 0.2) is 0 Å². The molecule has 2 aliphatic rings. The van der Waals surface area contributed by atoms with E-state index in [1.807, 2.05) is 12.1 Å². The van der Waals surface area contributed by atoms with Crippen LogP contribution >= 0.6 is 0 Å². The fraction of sp³-hybridized carbons (Fsp3) is 0.647. The SMILES string of the molecule is Fc1cccc(C2CC(NCCC3CCCCO3)C2)c1. The van der Waals surface area contributed by atoms with Crippen molar-refractivity contribution in [2.75, 3.05) is 13.2 Å². The summed E-state index contributed by atoms with van der Waals surface area (Å²) in [5.74, 6) is 0.419. The maximum Gasteiger partial charge on any atom is 0.123 e. The molecule has 1 heterocycles. The molecule has 2 fully saturated rings. The smallest absolute Gasteiger partial charge is 0.123 e. The molecule has 1 N–H and O–H groups in total. The highest BCUT2D eigenvalue weighted by atomic mass is 19.1. The van der Waals surface area contributed by atoms with Crippen molar-refractivity contribution in [2.24, 2.45) is 0 Å². The number of rotatable bonds is 5. The van der Waals surface area contributed by atoms with E-state index in [0.717, 1.165) is 38.0 Å². The third kappa shape index (κ3) is 3.58. The molecule has 1 aliphatic heterocycles. The summed E-state index contributed by atoms with van der Waals surface area (Å²) in [6.45, 7) is 1.99. The number of benzene rings is 1. The zero-order valence-corrected chi connectivity index (χ0v) is 12.0. The van der Waals surface area contributed by atoms with Gasteiger partial charge in [0.1, 0.15) is 5.82 Å². The van der Waals surface area contributed by atoms with E-state index >= 15 is 0 Å². The largest absolute Gasteiger partial charge is 0.378 e. The van der Waals surface area contributed by atoms with Crippen LogP contribution in [-0.4, -0.2) is 25.3 Å². The minimum atomic E-state index is -0.117. The number of ether oxygens (including phenoxy) is 1. The molecule has 0 bridgehead atoms. The summed E-state index contributed by atoms with van der Waals surface area (Å²) in [5, 5.41) is 3.61. The second-order valence-electron chi connectivity index (χ2n) is 6.15. The fourth-order valence-corrected chi connectivity index (χ4v) is 3.30. The van der Waals surface area contributed by atoms with E-state index in [-0.39, 0.29) is 5.82 Å². The van der Waals surface area contributed by atoms with Gasteiger partial charge in [0, 0.05) is 12.6 Å². The van der Waals surface area contributed by atoms with Crippen molar-refractivity contribution in [2.45, 2.75) is 56.6 Å². The average molecular weight is 277 g/mol. The zero-order valence-electron chi connectivity index (χ0n) is 12.0. The summed E-state index contributed by atoms with van der Waals surface area (Å²) in [7, 11) is 0. The van der Waals surface area contributed by atoms with Gasteiger partial charge in [0.25, 0.3) is 0 Å². The maximum atomic E-state index is 13.2. The Hall–Kier alpha value is -0.930. The Morgan fingerprint density at radius 2 is 2.15 bits per heavy atom. The van der Waals surface area contributed by atoms with Crippen LogP contribution in [0.4, 0.5) is 4.39 Å². The summed E-state index contributed by atoms with van der Waals surface area (Å²) in [4.78, 5) is 0. The minimum absolute atomic E-state index is 0.117. The lowest BCUT2D eigenvalue weighted by atomic mass is 9.76. The van der Waals surface area contributed by atoms with Crippen molar-refractivity contribution in [1.82, 2.24) is 5.32 Å². The van der Waals surface area contributed by atoms with Gasteiger partial charge in [-0.2, -0.15) is 0 Å². The van der Waals surface area contributed by atoms with E-state index in [1.165, 1.54) is 25.3 Å². The molecule has 2 nitrogen and oxygen atoms in total. The van der Waals surface area contributed by atoms with Crippen molar-refractivity contribution in [3.05, 3.63) is 35.6 Å². The highest BCUT2D eigenvalue weighted by Crippen LogP contribution is 2.37. The topological polar surface area (TPSA) is 21.3 Å². The van der Waals surface area contributed by atoms with Crippen molar-refractivity contribution < 1.29 is 9.13 Å².